The Labute approximate surface area is 212 Å². The molecule has 188 valence electrons. The molecule has 2 amide bonds. The van der Waals surface area contributed by atoms with Crippen LogP contribution in [0.4, 0.5) is 5.95 Å². The highest BCUT2D eigenvalue weighted by Gasteiger charge is 2.25. The molecule has 2 aromatic heterocycles. The van der Waals surface area contributed by atoms with E-state index in [0.29, 0.717) is 28.8 Å². The minimum atomic E-state index is -1.09. The van der Waals surface area contributed by atoms with Crippen molar-refractivity contribution < 1.29 is 24.2 Å². The Bertz CT molecular complexity index is 1240. The highest BCUT2D eigenvalue weighted by molar-refractivity contribution is 7.12. The van der Waals surface area contributed by atoms with Gasteiger partial charge in [-0.05, 0) is 43.0 Å². The molecule has 36 heavy (non-hydrogen) atoms. The summed E-state index contributed by atoms with van der Waals surface area (Å²) in [6.07, 6.45) is 3.70. The van der Waals surface area contributed by atoms with Gasteiger partial charge in [0.2, 0.25) is 5.95 Å². The van der Waals surface area contributed by atoms with Crippen molar-refractivity contribution in [1.82, 2.24) is 20.6 Å². The largest absolute Gasteiger partial charge is 0.508 e. The number of ether oxygens (including phenoxy) is 1. The topological polar surface area (TPSA) is 143 Å². The fourth-order valence-electron chi connectivity index (χ4n) is 3.35. The van der Waals surface area contributed by atoms with Crippen LogP contribution in [0.2, 0.25) is 0 Å². The zero-order valence-electron chi connectivity index (χ0n) is 20.1. The number of esters is 1. The molecule has 0 saturated carbocycles. The molecule has 3 aromatic rings. The summed E-state index contributed by atoms with van der Waals surface area (Å²) in [6, 6.07) is 9.17. The van der Waals surface area contributed by atoms with Crippen LogP contribution >= 0.6 is 11.3 Å². The first kappa shape index (κ1) is 26.4. The summed E-state index contributed by atoms with van der Waals surface area (Å²) >= 11 is 1.27. The van der Waals surface area contributed by atoms with Crippen molar-refractivity contribution in [3.63, 3.8) is 0 Å². The molecular weight excluding hydrogens is 482 g/mol. The van der Waals surface area contributed by atoms with Crippen LogP contribution in [0.1, 0.15) is 37.0 Å². The lowest BCUT2D eigenvalue weighted by molar-refractivity contribution is -0.142. The Balaban J connectivity index is 1.63. The van der Waals surface area contributed by atoms with E-state index < -0.39 is 17.9 Å². The van der Waals surface area contributed by atoms with Crippen molar-refractivity contribution >= 4 is 41.1 Å². The smallest absolute Gasteiger partial charge is 0.330 e. The first-order valence-corrected chi connectivity index (χ1v) is 11.9. The summed E-state index contributed by atoms with van der Waals surface area (Å²) < 4.78 is 4.78. The van der Waals surface area contributed by atoms with Crippen LogP contribution in [-0.2, 0) is 9.53 Å². The van der Waals surface area contributed by atoms with Crippen LogP contribution in [0.5, 0.6) is 5.75 Å². The van der Waals surface area contributed by atoms with Gasteiger partial charge in [-0.3, -0.25) is 9.59 Å². The Morgan fingerprint density at radius 2 is 1.86 bits per heavy atom. The number of amides is 2. The van der Waals surface area contributed by atoms with E-state index in [9.17, 15) is 19.5 Å². The normalized spacial score (nSPS) is 11.6. The fraction of sp³-hybridized carbons (Fsp3) is 0.240. The lowest BCUT2D eigenvalue weighted by Crippen LogP contribution is -2.49. The molecule has 4 N–H and O–H groups in total. The van der Waals surface area contributed by atoms with Gasteiger partial charge in [-0.25, -0.2) is 14.8 Å². The molecule has 3 rings (SSSR count). The van der Waals surface area contributed by atoms with E-state index >= 15 is 0 Å². The fourth-order valence-corrected chi connectivity index (χ4v) is 3.99. The van der Waals surface area contributed by atoms with Gasteiger partial charge in [0.25, 0.3) is 11.8 Å². The lowest BCUT2D eigenvalue weighted by atomic mass is 10.1. The summed E-state index contributed by atoms with van der Waals surface area (Å²) in [5.41, 5.74) is 1.93. The maximum absolute atomic E-state index is 13.0. The molecule has 0 radical (unpaired) electrons. The van der Waals surface area contributed by atoms with Crippen molar-refractivity contribution in [3.8, 4) is 5.75 Å². The first-order chi connectivity index (χ1) is 17.3. The standard InChI is InChI=1S/C25H27N5O5S/c1-15-21(16(2)29-25(28-15)26-11-5-8-17-7-4-9-18(31)13-17)23(33)30-19(24(34)35-3)14-27-22(32)20-10-6-12-36-20/h4-10,12-13,19,31H,11,14H2,1-3H3,(H,27,32)(H,30,33)(H,26,28,29)/b8-5-/t19-/m0/s1. The Kier molecular flexibility index (Phi) is 9.12. The number of hydrogen-bond acceptors (Lipinski definition) is 9. The molecule has 0 aliphatic carbocycles. The number of hydrogen-bond donors (Lipinski definition) is 4. The number of carbonyl (C=O) groups excluding carboxylic acids is 3. The number of aryl methyl sites for hydroxylation is 2. The summed E-state index contributed by atoms with van der Waals surface area (Å²) in [7, 11) is 1.21. The maximum atomic E-state index is 13.0. The second-order valence-electron chi connectivity index (χ2n) is 7.71. The van der Waals surface area contributed by atoms with Gasteiger partial charge in [-0.2, -0.15) is 0 Å². The van der Waals surface area contributed by atoms with E-state index in [1.54, 1.807) is 49.6 Å². The second kappa shape index (κ2) is 12.5. The summed E-state index contributed by atoms with van der Waals surface area (Å²) in [4.78, 5) is 46.6. The van der Waals surface area contributed by atoms with Gasteiger partial charge in [0.1, 0.15) is 11.8 Å². The molecule has 0 aliphatic rings. The third kappa shape index (κ3) is 7.12. The predicted octanol–water partition coefficient (Wildman–Crippen LogP) is 2.69. The molecule has 0 fully saturated rings. The van der Waals surface area contributed by atoms with E-state index in [0.717, 1.165) is 5.56 Å². The zero-order valence-corrected chi connectivity index (χ0v) is 20.9. The summed E-state index contributed by atoms with van der Waals surface area (Å²) in [6.45, 7) is 3.62. The molecule has 0 bridgehead atoms. The number of nitrogens with one attached hydrogen (secondary N) is 3. The van der Waals surface area contributed by atoms with E-state index in [2.05, 4.69) is 25.9 Å². The SMILES string of the molecule is COC(=O)[C@H](CNC(=O)c1cccs1)NC(=O)c1c(C)nc(NC/C=C\c2cccc(O)c2)nc1C. The van der Waals surface area contributed by atoms with Crippen molar-refractivity contribution in [2.45, 2.75) is 19.9 Å². The summed E-state index contributed by atoms with van der Waals surface area (Å²) in [5.74, 6) is -1.07. The predicted molar refractivity (Wildman–Crippen MR) is 137 cm³/mol. The average Bonchev–Trinajstić information content (AvgIpc) is 3.38. The number of carbonyl (C=O) groups is 3. The quantitative estimate of drug-likeness (QED) is 0.306. The number of phenols is 1. The number of rotatable bonds is 10. The Morgan fingerprint density at radius 3 is 2.50 bits per heavy atom. The summed E-state index contributed by atoms with van der Waals surface area (Å²) in [5, 5.41) is 19.6. The van der Waals surface area contributed by atoms with Gasteiger partial charge in [0, 0.05) is 13.1 Å². The third-order valence-electron chi connectivity index (χ3n) is 5.06. The number of thiophene rings is 1. The minimum absolute atomic E-state index is 0.140. The monoisotopic (exact) mass is 509 g/mol. The van der Waals surface area contributed by atoms with Crippen LogP contribution < -0.4 is 16.0 Å². The van der Waals surface area contributed by atoms with Crippen LogP contribution in [-0.4, -0.2) is 59.1 Å². The minimum Gasteiger partial charge on any atom is -0.508 e. The van der Waals surface area contributed by atoms with Crippen molar-refractivity contribution in [2.75, 3.05) is 25.5 Å². The van der Waals surface area contributed by atoms with Gasteiger partial charge >= 0.3 is 5.97 Å². The molecule has 0 spiro atoms. The number of nitrogens with zero attached hydrogens (tertiary/aromatic N) is 2. The average molecular weight is 510 g/mol. The van der Waals surface area contributed by atoms with Crippen LogP contribution in [0.15, 0.2) is 47.9 Å². The highest BCUT2D eigenvalue weighted by Crippen LogP contribution is 2.14. The van der Waals surface area contributed by atoms with E-state index in [4.69, 9.17) is 4.74 Å². The van der Waals surface area contributed by atoms with Crippen LogP contribution in [0.3, 0.4) is 0 Å². The Hall–Kier alpha value is -4.25. The van der Waals surface area contributed by atoms with Crippen molar-refractivity contribution in [1.29, 1.82) is 0 Å². The number of phenolic OH excluding ortho intramolecular Hbond substituents is 1. The molecular formula is C25H27N5O5S. The molecule has 0 unspecified atom stereocenters. The van der Waals surface area contributed by atoms with Gasteiger partial charge in [0.05, 0.1) is 28.9 Å². The molecule has 0 saturated heterocycles. The van der Waals surface area contributed by atoms with E-state index in [-0.39, 0.29) is 23.8 Å². The number of aromatic hydroxyl groups is 1. The Morgan fingerprint density at radius 1 is 1.11 bits per heavy atom. The third-order valence-corrected chi connectivity index (χ3v) is 5.93. The maximum Gasteiger partial charge on any atom is 0.330 e. The van der Waals surface area contributed by atoms with Gasteiger partial charge in [-0.1, -0.05) is 30.4 Å². The van der Waals surface area contributed by atoms with Gasteiger partial charge in [0.15, 0.2) is 0 Å². The number of benzene rings is 1. The van der Waals surface area contributed by atoms with Crippen LogP contribution in [0, 0.1) is 13.8 Å². The van der Waals surface area contributed by atoms with E-state index in [1.807, 2.05) is 18.2 Å². The number of anilines is 1. The molecule has 11 heteroatoms. The van der Waals surface area contributed by atoms with Crippen LogP contribution in [0.25, 0.3) is 6.08 Å². The molecule has 1 atom stereocenters. The molecule has 2 heterocycles. The second-order valence-corrected chi connectivity index (χ2v) is 8.66. The highest BCUT2D eigenvalue weighted by atomic mass is 32.1. The van der Waals surface area contributed by atoms with Gasteiger partial charge in [-0.15, -0.1) is 11.3 Å². The lowest BCUT2D eigenvalue weighted by Gasteiger charge is -2.18. The van der Waals surface area contributed by atoms with Crippen molar-refractivity contribution in [2.24, 2.45) is 0 Å². The number of methoxy groups -OCH3 is 1. The van der Waals surface area contributed by atoms with E-state index in [1.165, 1.54) is 18.4 Å². The van der Waals surface area contributed by atoms with Gasteiger partial charge < -0.3 is 25.8 Å². The zero-order chi connectivity index (χ0) is 26.1. The molecule has 0 aliphatic heterocycles. The van der Waals surface area contributed by atoms with Crippen molar-refractivity contribution in [3.05, 3.63) is 75.2 Å². The first-order valence-electron chi connectivity index (χ1n) is 11.0. The molecule has 10 nitrogen and oxygen atoms in total. The molecule has 1 aromatic carbocycles. The number of aromatic nitrogens is 2.